The number of nitrogens with one attached hydrogen (secondary N) is 2. The third kappa shape index (κ3) is 3.18. The highest BCUT2D eigenvalue weighted by molar-refractivity contribution is 6.26. The lowest BCUT2D eigenvalue weighted by molar-refractivity contribution is -0.140. The molecule has 4 rings (SSSR count). The second-order valence-electron chi connectivity index (χ2n) is 7.52. The summed E-state index contributed by atoms with van der Waals surface area (Å²) in [5.74, 6) is -1.16. The second-order valence-corrected chi connectivity index (χ2v) is 7.52. The fourth-order valence-corrected chi connectivity index (χ4v) is 3.89. The van der Waals surface area contributed by atoms with Crippen LogP contribution in [-0.4, -0.2) is 48.3 Å². The lowest BCUT2D eigenvalue weighted by atomic mass is 9.89. The van der Waals surface area contributed by atoms with Crippen LogP contribution in [0.25, 0.3) is 0 Å². The Morgan fingerprint density at radius 3 is 2.45 bits per heavy atom. The molecule has 31 heavy (non-hydrogen) atoms. The second kappa shape index (κ2) is 7.42. The van der Waals surface area contributed by atoms with Gasteiger partial charge in [0.05, 0.1) is 36.7 Å². The van der Waals surface area contributed by atoms with Gasteiger partial charge in [0.15, 0.2) is 0 Å². The van der Waals surface area contributed by atoms with E-state index in [9.17, 15) is 19.2 Å². The van der Waals surface area contributed by atoms with Gasteiger partial charge in [-0.2, -0.15) is 0 Å². The fourth-order valence-electron chi connectivity index (χ4n) is 3.89. The fraction of sp³-hybridized carbons (Fsp3) is 0.273. The first-order valence-electron chi connectivity index (χ1n) is 9.65. The Morgan fingerprint density at radius 1 is 1.00 bits per heavy atom. The van der Waals surface area contributed by atoms with Crippen molar-refractivity contribution >= 4 is 35.0 Å². The molecule has 0 bridgehead atoms. The topological polar surface area (TPSA) is 114 Å². The zero-order chi connectivity index (χ0) is 22.3. The molecule has 2 aliphatic rings. The first-order chi connectivity index (χ1) is 14.8. The van der Waals surface area contributed by atoms with Gasteiger partial charge in [-0.1, -0.05) is 6.07 Å². The molecule has 1 atom stereocenters. The standard InChI is InChI=1S/C22H21N3O6/c1-22(10-9-17(26)24-21(22)29)25-19(27)13-5-4-6-15(18(13)20(25)28)23-14-8-7-12(30-2)11-16(14)31-3/h4-8,11,23H,9-10H2,1-3H3,(H,24,26,29). The summed E-state index contributed by atoms with van der Waals surface area (Å²) in [5, 5.41) is 5.37. The van der Waals surface area contributed by atoms with Gasteiger partial charge in [-0.3, -0.25) is 29.4 Å². The number of carbonyl (C=O) groups excluding carboxylic acids is 4. The van der Waals surface area contributed by atoms with Gasteiger partial charge in [-0.25, -0.2) is 0 Å². The summed E-state index contributed by atoms with van der Waals surface area (Å²) < 4.78 is 10.6. The van der Waals surface area contributed by atoms with Crippen LogP contribution in [-0.2, 0) is 9.59 Å². The normalized spacial score (nSPS) is 20.4. The molecule has 0 spiro atoms. The predicted molar refractivity (Wildman–Crippen MR) is 111 cm³/mol. The van der Waals surface area contributed by atoms with E-state index in [0.29, 0.717) is 22.9 Å². The third-order valence-electron chi connectivity index (χ3n) is 5.67. The van der Waals surface area contributed by atoms with Gasteiger partial charge >= 0.3 is 0 Å². The maximum absolute atomic E-state index is 13.4. The number of methoxy groups -OCH3 is 2. The minimum absolute atomic E-state index is 0.0454. The summed E-state index contributed by atoms with van der Waals surface area (Å²) in [7, 11) is 3.05. The van der Waals surface area contributed by atoms with E-state index in [1.54, 1.807) is 43.5 Å². The van der Waals surface area contributed by atoms with Gasteiger partial charge in [0.2, 0.25) is 5.91 Å². The maximum atomic E-state index is 13.4. The van der Waals surface area contributed by atoms with E-state index in [4.69, 9.17) is 9.47 Å². The Labute approximate surface area is 178 Å². The molecule has 2 heterocycles. The lowest BCUT2D eigenvalue weighted by Gasteiger charge is -2.38. The zero-order valence-electron chi connectivity index (χ0n) is 17.3. The Hall–Kier alpha value is -3.88. The van der Waals surface area contributed by atoms with Gasteiger partial charge in [0, 0.05) is 12.5 Å². The van der Waals surface area contributed by atoms with E-state index in [0.717, 1.165) is 4.90 Å². The molecular weight excluding hydrogens is 402 g/mol. The van der Waals surface area contributed by atoms with Crippen molar-refractivity contribution < 1.29 is 28.7 Å². The number of hydrogen-bond acceptors (Lipinski definition) is 7. The van der Waals surface area contributed by atoms with E-state index in [2.05, 4.69) is 10.6 Å². The number of amides is 4. The average molecular weight is 423 g/mol. The molecule has 0 aliphatic carbocycles. The van der Waals surface area contributed by atoms with Crippen LogP contribution in [0.5, 0.6) is 11.5 Å². The number of rotatable bonds is 5. The highest BCUT2D eigenvalue weighted by Gasteiger charge is 2.53. The van der Waals surface area contributed by atoms with Gasteiger partial charge in [-0.15, -0.1) is 0 Å². The highest BCUT2D eigenvalue weighted by atomic mass is 16.5. The van der Waals surface area contributed by atoms with Crippen LogP contribution < -0.4 is 20.1 Å². The molecule has 0 saturated carbocycles. The van der Waals surface area contributed by atoms with E-state index >= 15 is 0 Å². The van der Waals surface area contributed by atoms with E-state index in [1.165, 1.54) is 14.0 Å². The molecule has 1 fully saturated rings. The van der Waals surface area contributed by atoms with E-state index in [1.807, 2.05) is 0 Å². The highest BCUT2D eigenvalue weighted by Crippen LogP contribution is 2.39. The van der Waals surface area contributed by atoms with Crippen molar-refractivity contribution in [2.75, 3.05) is 19.5 Å². The first kappa shape index (κ1) is 20.4. The summed E-state index contributed by atoms with van der Waals surface area (Å²) >= 11 is 0. The molecule has 1 saturated heterocycles. The largest absolute Gasteiger partial charge is 0.497 e. The monoisotopic (exact) mass is 423 g/mol. The molecule has 9 nitrogen and oxygen atoms in total. The summed E-state index contributed by atoms with van der Waals surface area (Å²) in [5.41, 5.74) is -0.124. The molecule has 4 amide bonds. The smallest absolute Gasteiger partial charge is 0.264 e. The predicted octanol–water partition coefficient (Wildman–Crippen LogP) is 2.24. The molecular formula is C22H21N3O6. The zero-order valence-corrected chi connectivity index (χ0v) is 17.3. The van der Waals surface area contributed by atoms with Crippen LogP contribution in [0.2, 0.25) is 0 Å². The molecule has 9 heteroatoms. The van der Waals surface area contributed by atoms with Crippen molar-refractivity contribution in [2.24, 2.45) is 0 Å². The number of piperidine rings is 1. The van der Waals surface area contributed by atoms with Crippen molar-refractivity contribution in [1.82, 2.24) is 10.2 Å². The van der Waals surface area contributed by atoms with Crippen molar-refractivity contribution in [3.8, 4) is 11.5 Å². The molecule has 2 aliphatic heterocycles. The van der Waals surface area contributed by atoms with Crippen molar-refractivity contribution in [3.63, 3.8) is 0 Å². The quantitative estimate of drug-likeness (QED) is 0.709. The number of ether oxygens (including phenoxy) is 2. The summed E-state index contributed by atoms with van der Waals surface area (Å²) in [6.45, 7) is 1.50. The lowest BCUT2D eigenvalue weighted by Crippen LogP contribution is -2.62. The number of benzene rings is 2. The number of fused-ring (bicyclic) bond motifs is 1. The molecule has 1 unspecified atom stereocenters. The number of hydrogen-bond donors (Lipinski definition) is 2. The van der Waals surface area contributed by atoms with E-state index < -0.39 is 29.2 Å². The van der Waals surface area contributed by atoms with Crippen molar-refractivity contribution in [3.05, 3.63) is 47.5 Å². The first-order valence-corrected chi connectivity index (χ1v) is 9.65. The molecule has 0 radical (unpaired) electrons. The summed E-state index contributed by atoms with van der Waals surface area (Å²) in [6.07, 6.45) is 0.113. The van der Waals surface area contributed by atoms with Crippen LogP contribution in [0.4, 0.5) is 11.4 Å². The average Bonchev–Trinajstić information content (AvgIpc) is 3.03. The Bertz CT molecular complexity index is 1130. The Balaban J connectivity index is 1.73. The maximum Gasteiger partial charge on any atom is 0.264 e. The SMILES string of the molecule is COc1ccc(Nc2cccc3c2C(=O)N(C2(C)CCC(=O)NC2=O)C3=O)c(OC)c1. The van der Waals surface area contributed by atoms with Crippen LogP contribution in [0.15, 0.2) is 36.4 Å². The number of nitrogens with zero attached hydrogens (tertiary/aromatic N) is 1. The molecule has 2 N–H and O–H groups in total. The summed E-state index contributed by atoms with van der Waals surface area (Å²) in [4.78, 5) is 51.6. The molecule has 2 aromatic rings. The van der Waals surface area contributed by atoms with E-state index in [-0.39, 0.29) is 24.0 Å². The van der Waals surface area contributed by atoms with Gasteiger partial charge in [0.1, 0.15) is 17.0 Å². The third-order valence-corrected chi connectivity index (χ3v) is 5.67. The summed E-state index contributed by atoms with van der Waals surface area (Å²) in [6, 6.07) is 10.0. The molecule has 0 aromatic heterocycles. The van der Waals surface area contributed by atoms with Crippen LogP contribution >= 0.6 is 0 Å². The number of imide groups is 2. The van der Waals surface area contributed by atoms with Crippen LogP contribution in [0.3, 0.4) is 0 Å². The Kier molecular flexibility index (Phi) is 4.88. The van der Waals surface area contributed by atoms with Gasteiger partial charge < -0.3 is 14.8 Å². The van der Waals surface area contributed by atoms with Crippen molar-refractivity contribution in [1.29, 1.82) is 0 Å². The number of anilines is 2. The molecule has 160 valence electrons. The van der Waals surface area contributed by atoms with Crippen LogP contribution in [0.1, 0.15) is 40.5 Å². The number of carbonyl (C=O) groups is 4. The molecule has 2 aromatic carbocycles. The minimum Gasteiger partial charge on any atom is -0.497 e. The van der Waals surface area contributed by atoms with Crippen LogP contribution in [0, 0.1) is 0 Å². The van der Waals surface area contributed by atoms with Gasteiger partial charge in [-0.05, 0) is 37.6 Å². The van der Waals surface area contributed by atoms with Gasteiger partial charge in [0.25, 0.3) is 17.7 Å². The Morgan fingerprint density at radius 2 is 1.77 bits per heavy atom. The van der Waals surface area contributed by atoms with Crippen molar-refractivity contribution in [2.45, 2.75) is 25.3 Å². The minimum atomic E-state index is -1.45.